The third kappa shape index (κ3) is 4.53. The first-order valence-corrected chi connectivity index (χ1v) is 10.1. The van der Waals surface area contributed by atoms with Crippen LogP contribution >= 0.6 is 0 Å². The second-order valence-electron chi connectivity index (χ2n) is 8.47. The van der Waals surface area contributed by atoms with Crippen molar-refractivity contribution in [2.75, 3.05) is 32.7 Å². The Balaban J connectivity index is 1.52. The summed E-state index contributed by atoms with van der Waals surface area (Å²) in [5.41, 5.74) is 1.36. The summed E-state index contributed by atoms with van der Waals surface area (Å²) in [6.07, 6.45) is 3.67. The Hall–Kier alpha value is -1.68. The fraction of sp³-hybridized carbons (Fsp3) is 0.636. The van der Waals surface area contributed by atoms with Gasteiger partial charge in [0.05, 0.1) is 0 Å². The van der Waals surface area contributed by atoms with E-state index in [9.17, 15) is 9.59 Å². The van der Waals surface area contributed by atoms with E-state index in [2.05, 4.69) is 18.7 Å². The average Bonchev–Trinajstić information content (AvgIpc) is 3.11. The van der Waals surface area contributed by atoms with Crippen LogP contribution in [0, 0.1) is 17.8 Å². The van der Waals surface area contributed by atoms with E-state index in [0.29, 0.717) is 17.0 Å². The van der Waals surface area contributed by atoms with Crippen LogP contribution in [0.1, 0.15) is 60.7 Å². The number of Topliss-reactive ketones (excluding diaryl/α,β-unsaturated/α-hetero) is 1. The molecule has 0 N–H and O–H groups in total. The Labute approximate surface area is 157 Å². The van der Waals surface area contributed by atoms with E-state index in [1.165, 1.54) is 32.5 Å². The summed E-state index contributed by atoms with van der Waals surface area (Å²) in [6.45, 7) is 11.5. The van der Waals surface area contributed by atoms with Crippen molar-refractivity contribution in [1.29, 1.82) is 0 Å². The van der Waals surface area contributed by atoms with Gasteiger partial charge in [-0.3, -0.25) is 9.59 Å². The lowest BCUT2D eigenvalue weighted by molar-refractivity contribution is 0.0771. The molecule has 1 aromatic rings. The summed E-state index contributed by atoms with van der Waals surface area (Å²) >= 11 is 0. The van der Waals surface area contributed by atoms with E-state index < -0.39 is 0 Å². The Kier molecular flexibility index (Phi) is 6.13. The van der Waals surface area contributed by atoms with Crippen LogP contribution in [0.5, 0.6) is 0 Å². The maximum Gasteiger partial charge on any atom is 0.253 e. The highest BCUT2D eigenvalue weighted by Gasteiger charge is 2.34. The standard InChI is InChI=1S/C22H32N2O2/c1-16(2)14-23-11-8-19(9-12-23)21-10-13-24(15-21)22(26)20-6-4-18(5-7-20)17(3)25/h4-7,16,19,21H,8-15H2,1-3H3/t21-/m1/s1. The van der Waals surface area contributed by atoms with Crippen LogP contribution in [-0.4, -0.2) is 54.2 Å². The Bertz CT molecular complexity index is 630. The number of hydrogen-bond donors (Lipinski definition) is 0. The molecule has 2 aliphatic heterocycles. The molecule has 3 rings (SSSR count). The van der Waals surface area contributed by atoms with Gasteiger partial charge in [-0.05, 0) is 69.2 Å². The van der Waals surface area contributed by atoms with Gasteiger partial charge in [0, 0.05) is 30.8 Å². The predicted molar refractivity (Wildman–Crippen MR) is 104 cm³/mol. The lowest BCUT2D eigenvalue weighted by atomic mass is 9.83. The normalized spacial score (nSPS) is 22.2. The van der Waals surface area contributed by atoms with Crippen molar-refractivity contribution in [2.24, 2.45) is 17.8 Å². The highest BCUT2D eigenvalue weighted by atomic mass is 16.2. The number of carbonyl (C=O) groups excluding carboxylic acids is 2. The molecule has 142 valence electrons. The molecule has 0 unspecified atom stereocenters. The van der Waals surface area contributed by atoms with E-state index >= 15 is 0 Å². The maximum absolute atomic E-state index is 12.8. The summed E-state index contributed by atoms with van der Waals surface area (Å²) in [4.78, 5) is 28.7. The minimum atomic E-state index is 0.0362. The summed E-state index contributed by atoms with van der Waals surface area (Å²) in [5, 5.41) is 0. The number of carbonyl (C=O) groups is 2. The second-order valence-corrected chi connectivity index (χ2v) is 8.47. The molecule has 4 nitrogen and oxygen atoms in total. The van der Waals surface area contributed by atoms with Gasteiger partial charge in [0.1, 0.15) is 0 Å². The Morgan fingerprint density at radius 1 is 0.962 bits per heavy atom. The molecule has 0 aromatic heterocycles. The molecule has 4 heteroatoms. The molecule has 2 fully saturated rings. The lowest BCUT2D eigenvalue weighted by Gasteiger charge is -2.35. The molecule has 1 atom stereocenters. The molecule has 26 heavy (non-hydrogen) atoms. The molecule has 1 aromatic carbocycles. The SMILES string of the molecule is CC(=O)c1ccc(C(=O)N2CC[C@@H](C3CCN(CC(C)C)CC3)C2)cc1. The number of amides is 1. The Morgan fingerprint density at radius 2 is 1.54 bits per heavy atom. The first-order valence-electron chi connectivity index (χ1n) is 10.1. The van der Waals surface area contributed by atoms with Crippen LogP contribution in [0.3, 0.4) is 0 Å². The monoisotopic (exact) mass is 356 g/mol. The molecule has 0 bridgehead atoms. The molecule has 2 heterocycles. The summed E-state index contributed by atoms with van der Waals surface area (Å²) in [7, 11) is 0. The summed E-state index contributed by atoms with van der Waals surface area (Å²) in [6, 6.07) is 7.09. The number of rotatable bonds is 5. The van der Waals surface area contributed by atoms with Gasteiger partial charge in [0.2, 0.25) is 0 Å². The highest BCUT2D eigenvalue weighted by Crippen LogP contribution is 2.32. The largest absolute Gasteiger partial charge is 0.338 e. The van der Waals surface area contributed by atoms with Crippen LogP contribution in [0.25, 0.3) is 0 Å². The molecule has 1 amide bonds. The fourth-order valence-corrected chi connectivity index (χ4v) is 4.51. The van der Waals surface area contributed by atoms with Gasteiger partial charge in [-0.15, -0.1) is 0 Å². The van der Waals surface area contributed by atoms with E-state index in [1.54, 1.807) is 31.2 Å². The van der Waals surface area contributed by atoms with Gasteiger partial charge in [0.25, 0.3) is 5.91 Å². The lowest BCUT2D eigenvalue weighted by Crippen LogP contribution is -2.39. The summed E-state index contributed by atoms with van der Waals surface area (Å²) in [5.74, 6) is 2.29. The van der Waals surface area contributed by atoms with Crippen LogP contribution < -0.4 is 0 Å². The zero-order valence-electron chi connectivity index (χ0n) is 16.4. The number of ketones is 1. The first-order chi connectivity index (χ1) is 12.4. The maximum atomic E-state index is 12.8. The van der Waals surface area contributed by atoms with Crippen LogP contribution in [0.2, 0.25) is 0 Å². The minimum Gasteiger partial charge on any atom is -0.338 e. The molecule has 0 radical (unpaired) electrons. The van der Waals surface area contributed by atoms with Crippen LogP contribution in [-0.2, 0) is 0 Å². The first kappa shape index (κ1) is 19.1. The third-order valence-electron chi connectivity index (χ3n) is 5.97. The molecular formula is C22H32N2O2. The minimum absolute atomic E-state index is 0.0362. The number of nitrogens with zero attached hydrogens (tertiary/aromatic N) is 2. The topological polar surface area (TPSA) is 40.6 Å². The second kappa shape index (κ2) is 8.34. The third-order valence-corrected chi connectivity index (χ3v) is 5.97. The van der Waals surface area contributed by atoms with Crippen LogP contribution in [0.15, 0.2) is 24.3 Å². The average molecular weight is 357 g/mol. The van der Waals surface area contributed by atoms with Crippen molar-refractivity contribution in [2.45, 2.75) is 40.0 Å². The van der Waals surface area contributed by atoms with E-state index in [4.69, 9.17) is 0 Å². The molecule has 0 saturated carbocycles. The number of benzene rings is 1. The zero-order chi connectivity index (χ0) is 18.7. The predicted octanol–water partition coefficient (Wildman–Crippen LogP) is 3.72. The molecule has 2 saturated heterocycles. The highest BCUT2D eigenvalue weighted by molar-refractivity contribution is 5.97. The van der Waals surface area contributed by atoms with Crippen molar-refractivity contribution in [1.82, 2.24) is 9.80 Å². The zero-order valence-corrected chi connectivity index (χ0v) is 16.4. The number of piperidine rings is 1. The molecular weight excluding hydrogens is 324 g/mol. The van der Waals surface area contributed by atoms with Crippen LogP contribution in [0.4, 0.5) is 0 Å². The summed E-state index contributed by atoms with van der Waals surface area (Å²) < 4.78 is 0. The Morgan fingerprint density at radius 3 is 2.12 bits per heavy atom. The van der Waals surface area contributed by atoms with Crippen molar-refractivity contribution in [3.05, 3.63) is 35.4 Å². The van der Waals surface area contributed by atoms with Gasteiger partial charge in [-0.25, -0.2) is 0 Å². The van der Waals surface area contributed by atoms with Crippen molar-refractivity contribution < 1.29 is 9.59 Å². The fourth-order valence-electron chi connectivity index (χ4n) is 4.51. The molecule has 0 spiro atoms. The molecule has 2 aliphatic rings. The quantitative estimate of drug-likeness (QED) is 0.755. The van der Waals surface area contributed by atoms with Gasteiger partial charge < -0.3 is 9.80 Å². The van der Waals surface area contributed by atoms with Crippen molar-refractivity contribution in [3.63, 3.8) is 0 Å². The van der Waals surface area contributed by atoms with Gasteiger partial charge >= 0.3 is 0 Å². The van der Waals surface area contributed by atoms with Gasteiger partial charge in [-0.2, -0.15) is 0 Å². The van der Waals surface area contributed by atoms with Gasteiger partial charge in [-0.1, -0.05) is 26.0 Å². The van der Waals surface area contributed by atoms with E-state index in [1.807, 2.05) is 4.90 Å². The van der Waals surface area contributed by atoms with Crippen molar-refractivity contribution >= 4 is 11.7 Å². The van der Waals surface area contributed by atoms with E-state index in [0.717, 1.165) is 31.3 Å². The molecule has 0 aliphatic carbocycles. The number of hydrogen-bond acceptors (Lipinski definition) is 3. The van der Waals surface area contributed by atoms with E-state index in [-0.39, 0.29) is 11.7 Å². The van der Waals surface area contributed by atoms with Crippen molar-refractivity contribution in [3.8, 4) is 0 Å². The van der Waals surface area contributed by atoms with Gasteiger partial charge in [0.15, 0.2) is 5.78 Å². The number of likely N-dealkylation sites (tertiary alicyclic amines) is 2. The smallest absolute Gasteiger partial charge is 0.253 e.